The molecule has 4 nitrogen and oxygen atoms in total. The van der Waals surface area contributed by atoms with E-state index in [-0.39, 0.29) is 16.6 Å². The fourth-order valence-electron chi connectivity index (χ4n) is 1.72. The van der Waals surface area contributed by atoms with Crippen molar-refractivity contribution in [1.82, 2.24) is 9.78 Å². The Morgan fingerprint density at radius 1 is 1.58 bits per heavy atom. The van der Waals surface area contributed by atoms with Crippen molar-refractivity contribution in [2.45, 2.75) is 46.2 Å². The van der Waals surface area contributed by atoms with Gasteiger partial charge in [0.05, 0.1) is 17.9 Å². The number of aromatic nitrogens is 2. The molecule has 0 aliphatic carbocycles. The molecular formula is C14H20ClN3O. The fraction of sp³-hybridized carbons (Fsp3) is 0.571. The maximum atomic E-state index is 12.0. The predicted molar refractivity (Wildman–Crippen MR) is 79.5 cm³/mol. The smallest absolute Gasteiger partial charge is 0.287 e. The summed E-state index contributed by atoms with van der Waals surface area (Å²) < 4.78 is 1.38. The highest BCUT2D eigenvalue weighted by Crippen LogP contribution is 2.17. The molecule has 0 saturated carbocycles. The van der Waals surface area contributed by atoms with Gasteiger partial charge in [-0.1, -0.05) is 44.7 Å². The first-order chi connectivity index (χ1) is 8.99. The zero-order valence-corrected chi connectivity index (χ0v) is 12.4. The molecule has 0 aliphatic heterocycles. The molecule has 1 rings (SSSR count). The minimum Gasteiger partial charge on any atom is -0.369 e. The maximum absolute atomic E-state index is 12.0. The molecule has 104 valence electrons. The highest BCUT2D eigenvalue weighted by atomic mass is 35.5. The number of hydrogen-bond donors (Lipinski definition) is 1. The Balaban J connectivity index is 2.97. The van der Waals surface area contributed by atoms with E-state index in [4.69, 9.17) is 18.0 Å². The lowest BCUT2D eigenvalue weighted by Crippen LogP contribution is -2.27. The van der Waals surface area contributed by atoms with Gasteiger partial charge in [0.25, 0.3) is 5.56 Å². The van der Waals surface area contributed by atoms with Crippen LogP contribution < -0.4 is 10.9 Å². The third-order valence-electron chi connectivity index (χ3n) is 2.63. The van der Waals surface area contributed by atoms with E-state index >= 15 is 0 Å². The van der Waals surface area contributed by atoms with Crippen molar-refractivity contribution in [1.29, 1.82) is 0 Å². The van der Waals surface area contributed by atoms with Crippen molar-refractivity contribution in [3.63, 3.8) is 0 Å². The van der Waals surface area contributed by atoms with Crippen LogP contribution in [0.1, 0.15) is 33.6 Å². The van der Waals surface area contributed by atoms with Crippen molar-refractivity contribution in [3.05, 3.63) is 21.6 Å². The quantitative estimate of drug-likeness (QED) is 0.816. The number of terminal acetylenes is 1. The summed E-state index contributed by atoms with van der Waals surface area (Å²) in [6.07, 6.45) is 8.77. The summed E-state index contributed by atoms with van der Waals surface area (Å²) in [4.78, 5) is 12.0. The third-order valence-corrected chi connectivity index (χ3v) is 3.00. The van der Waals surface area contributed by atoms with Gasteiger partial charge in [-0.25, -0.2) is 4.68 Å². The molecule has 1 atom stereocenters. The van der Waals surface area contributed by atoms with Crippen molar-refractivity contribution in [2.24, 2.45) is 5.92 Å². The lowest BCUT2D eigenvalue weighted by molar-refractivity contribution is 0.464. The monoisotopic (exact) mass is 281 g/mol. The van der Waals surface area contributed by atoms with E-state index in [1.807, 2.05) is 20.8 Å². The van der Waals surface area contributed by atoms with Crippen LogP contribution in [0.15, 0.2) is 11.0 Å². The first-order valence-electron chi connectivity index (χ1n) is 6.47. The number of nitrogens with one attached hydrogen (secondary N) is 1. The molecule has 1 aromatic rings. The number of anilines is 1. The molecule has 1 N–H and O–H groups in total. The van der Waals surface area contributed by atoms with E-state index in [0.29, 0.717) is 18.2 Å². The summed E-state index contributed by atoms with van der Waals surface area (Å²) in [6, 6.07) is -0.135. The van der Waals surface area contributed by atoms with Crippen molar-refractivity contribution < 1.29 is 0 Å². The van der Waals surface area contributed by atoms with Gasteiger partial charge in [-0.3, -0.25) is 4.79 Å². The van der Waals surface area contributed by atoms with E-state index in [1.165, 1.54) is 4.68 Å². The number of halogens is 1. The van der Waals surface area contributed by atoms with Crippen LogP contribution in [0.4, 0.5) is 5.69 Å². The molecule has 0 saturated heterocycles. The summed E-state index contributed by atoms with van der Waals surface area (Å²) in [5.74, 6) is 2.97. The van der Waals surface area contributed by atoms with E-state index < -0.39 is 0 Å². The topological polar surface area (TPSA) is 46.9 Å². The van der Waals surface area contributed by atoms with Gasteiger partial charge in [0.2, 0.25) is 0 Å². The summed E-state index contributed by atoms with van der Waals surface area (Å²) in [7, 11) is 0. The van der Waals surface area contributed by atoms with Gasteiger partial charge in [0.1, 0.15) is 5.02 Å². The summed E-state index contributed by atoms with van der Waals surface area (Å²) >= 11 is 6.08. The molecular weight excluding hydrogens is 262 g/mol. The van der Waals surface area contributed by atoms with Crippen molar-refractivity contribution in [3.8, 4) is 12.3 Å². The standard InChI is InChI=1S/C14H20ClN3O/c1-5-7-11(6-2)17-12-8-16-18(9-10(3)4)14(19)13(12)15/h2,8,10-11,17H,5,7,9H2,1,3-4H3. The fourth-order valence-corrected chi connectivity index (χ4v) is 1.92. The van der Waals surface area contributed by atoms with Crippen LogP contribution in [-0.2, 0) is 6.54 Å². The summed E-state index contributed by atoms with van der Waals surface area (Å²) in [6.45, 7) is 6.63. The van der Waals surface area contributed by atoms with Crippen LogP contribution in [0.3, 0.4) is 0 Å². The molecule has 0 fully saturated rings. The normalized spacial score (nSPS) is 12.2. The molecule has 1 aromatic heterocycles. The Bertz CT molecular complexity index is 516. The second-order valence-corrected chi connectivity index (χ2v) is 5.28. The van der Waals surface area contributed by atoms with Crippen LogP contribution in [-0.4, -0.2) is 15.8 Å². The average molecular weight is 282 g/mol. The maximum Gasteiger partial charge on any atom is 0.287 e. The van der Waals surface area contributed by atoms with Crippen LogP contribution in [0.25, 0.3) is 0 Å². The summed E-state index contributed by atoms with van der Waals surface area (Å²) in [5, 5.41) is 7.34. The van der Waals surface area contributed by atoms with Gasteiger partial charge in [-0.15, -0.1) is 6.42 Å². The van der Waals surface area contributed by atoms with Crippen molar-refractivity contribution in [2.75, 3.05) is 5.32 Å². The second-order valence-electron chi connectivity index (χ2n) is 4.91. The Labute approximate surface area is 119 Å². The van der Waals surface area contributed by atoms with E-state index in [2.05, 4.69) is 16.3 Å². The highest BCUT2D eigenvalue weighted by Gasteiger charge is 2.12. The molecule has 0 amide bonds. The number of hydrogen-bond acceptors (Lipinski definition) is 3. The lowest BCUT2D eigenvalue weighted by atomic mass is 10.2. The minimum absolute atomic E-state index is 0.135. The predicted octanol–water partition coefficient (Wildman–Crippen LogP) is 2.77. The van der Waals surface area contributed by atoms with Gasteiger partial charge in [0, 0.05) is 6.54 Å². The second kappa shape index (κ2) is 7.20. The SMILES string of the molecule is C#CC(CCC)Nc1cnn(CC(C)C)c(=O)c1Cl. The molecule has 0 bridgehead atoms. The average Bonchev–Trinajstić information content (AvgIpc) is 2.37. The molecule has 0 aromatic carbocycles. The molecule has 1 unspecified atom stereocenters. The molecule has 0 spiro atoms. The largest absolute Gasteiger partial charge is 0.369 e. The lowest BCUT2D eigenvalue weighted by Gasteiger charge is -2.15. The van der Waals surface area contributed by atoms with Gasteiger partial charge in [-0.05, 0) is 12.3 Å². The van der Waals surface area contributed by atoms with Crippen LogP contribution in [0.2, 0.25) is 5.02 Å². The molecule has 0 radical (unpaired) electrons. The number of rotatable bonds is 6. The van der Waals surface area contributed by atoms with Gasteiger partial charge in [0.15, 0.2) is 0 Å². The zero-order chi connectivity index (χ0) is 14.4. The van der Waals surface area contributed by atoms with Crippen LogP contribution >= 0.6 is 11.6 Å². The molecule has 1 heterocycles. The third kappa shape index (κ3) is 4.29. The molecule has 5 heteroatoms. The Kier molecular flexibility index (Phi) is 5.91. The first-order valence-corrected chi connectivity index (χ1v) is 6.85. The molecule has 0 aliphatic rings. The van der Waals surface area contributed by atoms with E-state index in [1.54, 1.807) is 6.20 Å². The van der Waals surface area contributed by atoms with Gasteiger partial charge >= 0.3 is 0 Å². The Morgan fingerprint density at radius 3 is 2.79 bits per heavy atom. The number of nitrogens with zero attached hydrogens (tertiary/aromatic N) is 2. The van der Waals surface area contributed by atoms with Gasteiger partial charge in [-0.2, -0.15) is 5.10 Å². The van der Waals surface area contributed by atoms with E-state index in [9.17, 15) is 4.79 Å². The first kappa shape index (κ1) is 15.6. The highest BCUT2D eigenvalue weighted by molar-refractivity contribution is 6.32. The van der Waals surface area contributed by atoms with Gasteiger partial charge < -0.3 is 5.32 Å². The minimum atomic E-state index is -0.285. The molecule has 19 heavy (non-hydrogen) atoms. The Morgan fingerprint density at radius 2 is 2.26 bits per heavy atom. The Hall–Kier alpha value is -1.47. The van der Waals surface area contributed by atoms with Crippen LogP contribution in [0.5, 0.6) is 0 Å². The summed E-state index contributed by atoms with van der Waals surface area (Å²) in [5.41, 5.74) is 0.218. The van der Waals surface area contributed by atoms with Crippen LogP contribution in [0, 0.1) is 18.3 Å². The zero-order valence-electron chi connectivity index (χ0n) is 11.6. The van der Waals surface area contributed by atoms with Crippen molar-refractivity contribution >= 4 is 17.3 Å². The van der Waals surface area contributed by atoms with E-state index in [0.717, 1.165) is 12.8 Å².